The van der Waals surface area contributed by atoms with Gasteiger partial charge in [-0.2, -0.15) is 0 Å². The molecule has 1 aromatic rings. The third-order valence-electron chi connectivity index (χ3n) is 3.59. The molecule has 1 aliphatic rings. The Kier molecular flexibility index (Phi) is 3.74. The highest BCUT2D eigenvalue weighted by Crippen LogP contribution is 2.30. The van der Waals surface area contributed by atoms with Crippen LogP contribution in [0.25, 0.3) is 0 Å². The Labute approximate surface area is 106 Å². The Morgan fingerprint density at radius 1 is 1.65 bits per heavy atom. The summed E-state index contributed by atoms with van der Waals surface area (Å²) >= 11 is 5.82. The van der Waals surface area contributed by atoms with E-state index in [1.165, 1.54) is 6.26 Å². The standard InChI is InChI=1S/C12H17ClN2O2/c1-15(10-4-2-3-8(10)7-14)12(16)9-5-6-17-11(9)13/h5-6,8,10H,2-4,7,14H2,1H3. The number of amides is 1. The maximum absolute atomic E-state index is 12.2. The molecule has 5 heteroatoms. The molecule has 0 saturated heterocycles. The minimum absolute atomic E-state index is 0.0888. The van der Waals surface area contributed by atoms with Gasteiger partial charge in [-0.1, -0.05) is 6.42 Å². The zero-order valence-corrected chi connectivity index (χ0v) is 10.6. The third kappa shape index (κ3) is 2.33. The van der Waals surface area contributed by atoms with Crippen molar-refractivity contribution in [1.29, 1.82) is 0 Å². The van der Waals surface area contributed by atoms with Gasteiger partial charge in [0.25, 0.3) is 5.91 Å². The van der Waals surface area contributed by atoms with Crippen LogP contribution in [0.3, 0.4) is 0 Å². The molecule has 1 amide bonds. The number of halogens is 1. The van der Waals surface area contributed by atoms with Crippen molar-refractivity contribution >= 4 is 17.5 Å². The molecular weight excluding hydrogens is 240 g/mol. The van der Waals surface area contributed by atoms with Gasteiger partial charge in [0.15, 0.2) is 0 Å². The van der Waals surface area contributed by atoms with E-state index in [9.17, 15) is 4.79 Å². The molecule has 0 aliphatic heterocycles. The van der Waals surface area contributed by atoms with Crippen molar-refractivity contribution in [3.05, 3.63) is 23.1 Å². The van der Waals surface area contributed by atoms with E-state index in [1.54, 1.807) is 11.0 Å². The molecule has 2 N–H and O–H groups in total. The quantitative estimate of drug-likeness (QED) is 0.901. The van der Waals surface area contributed by atoms with Crippen LogP contribution in [0.5, 0.6) is 0 Å². The summed E-state index contributed by atoms with van der Waals surface area (Å²) in [5, 5.41) is 0.157. The van der Waals surface area contributed by atoms with E-state index in [0.29, 0.717) is 18.0 Å². The van der Waals surface area contributed by atoms with Crippen molar-refractivity contribution in [3.63, 3.8) is 0 Å². The number of carbonyl (C=O) groups is 1. The molecule has 2 atom stereocenters. The van der Waals surface area contributed by atoms with Crippen LogP contribution in [0.2, 0.25) is 5.22 Å². The molecule has 17 heavy (non-hydrogen) atoms. The van der Waals surface area contributed by atoms with Crippen molar-refractivity contribution < 1.29 is 9.21 Å². The average Bonchev–Trinajstić information content (AvgIpc) is 2.95. The average molecular weight is 257 g/mol. The highest BCUT2D eigenvalue weighted by atomic mass is 35.5. The largest absolute Gasteiger partial charge is 0.452 e. The summed E-state index contributed by atoms with van der Waals surface area (Å²) in [6.45, 7) is 0.626. The first-order valence-corrected chi connectivity index (χ1v) is 6.23. The smallest absolute Gasteiger partial charge is 0.258 e. The molecule has 4 nitrogen and oxygen atoms in total. The molecule has 0 aromatic carbocycles. The summed E-state index contributed by atoms with van der Waals surface area (Å²) < 4.78 is 4.94. The second-order valence-corrected chi connectivity index (χ2v) is 4.86. The van der Waals surface area contributed by atoms with Gasteiger partial charge >= 0.3 is 0 Å². The minimum atomic E-state index is -0.0888. The fourth-order valence-electron chi connectivity index (χ4n) is 2.59. The highest BCUT2D eigenvalue weighted by Gasteiger charge is 2.33. The molecule has 0 radical (unpaired) electrons. The van der Waals surface area contributed by atoms with Crippen LogP contribution in [0.4, 0.5) is 0 Å². The Balaban J connectivity index is 2.12. The molecule has 1 aliphatic carbocycles. The zero-order valence-electron chi connectivity index (χ0n) is 9.86. The van der Waals surface area contributed by atoms with E-state index in [0.717, 1.165) is 19.3 Å². The normalized spacial score (nSPS) is 23.9. The Morgan fingerprint density at radius 3 is 3.00 bits per heavy atom. The third-order valence-corrected chi connectivity index (χ3v) is 3.88. The van der Waals surface area contributed by atoms with Crippen LogP contribution in [0, 0.1) is 5.92 Å². The lowest BCUT2D eigenvalue weighted by Gasteiger charge is -2.28. The number of nitrogens with two attached hydrogens (primary N) is 1. The van der Waals surface area contributed by atoms with Gasteiger partial charge in [0.1, 0.15) is 0 Å². The molecule has 2 rings (SSSR count). The SMILES string of the molecule is CN(C(=O)c1ccoc1Cl)C1CCCC1CN. The van der Waals surface area contributed by atoms with Crippen molar-refractivity contribution in [1.82, 2.24) is 4.90 Å². The lowest BCUT2D eigenvalue weighted by Crippen LogP contribution is -2.41. The molecule has 1 fully saturated rings. The van der Waals surface area contributed by atoms with Gasteiger partial charge in [0.05, 0.1) is 11.8 Å². The van der Waals surface area contributed by atoms with Crippen LogP contribution in [-0.2, 0) is 0 Å². The van der Waals surface area contributed by atoms with E-state index in [2.05, 4.69) is 0 Å². The number of rotatable bonds is 3. The Hall–Kier alpha value is -1.00. The number of nitrogens with zero attached hydrogens (tertiary/aromatic N) is 1. The molecule has 94 valence electrons. The van der Waals surface area contributed by atoms with Gasteiger partial charge in [-0.05, 0) is 43.0 Å². The summed E-state index contributed by atoms with van der Waals surface area (Å²) in [6, 6.07) is 1.83. The van der Waals surface area contributed by atoms with Crippen molar-refractivity contribution in [2.75, 3.05) is 13.6 Å². The number of carbonyl (C=O) groups excluding carboxylic acids is 1. The number of furan rings is 1. The van der Waals surface area contributed by atoms with Crippen LogP contribution in [-0.4, -0.2) is 30.4 Å². The van der Waals surface area contributed by atoms with Crippen molar-refractivity contribution in [2.24, 2.45) is 11.7 Å². The van der Waals surface area contributed by atoms with Gasteiger partial charge in [-0.3, -0.25) is 4.79 Å². The van der Waals surface area contributed by atoms with E-state index in [1.807, 2.05) is 7.05 Å². The summed E-state index contributed by atoms with van der Waals surface area (Å²) in [5.41, 5.74) is 6.16. The summed E-state index contributed by atoms with van der Waals surface area (Å²) in [6.07, 6.45) is 4.67. The summed E-state index contributed by atoms with van der Waals surface area (Å²) in [5.74, 6) is 0.309. The molecule has 2 unspecified atom stereocenters. The second kappa shape index (κ2) is 5.10. The van der Waals surface area contributed by atoms with Gasteiger partial charge in [0.2, 0.25) is 5.22 Å². The van der Waals surface area contributed by atoms with Gasteiger partial charge in [-0.15, -0.1) is 0 Å². The maximum atomic E-state index is 12.2. The summed E-state index contributed by atoms with van der Waals surface area (Å²) in [7, 11) is 1.81. The maximum Gasteiger partial charge on any atom is 0.258 e. The number of hydrogen-bond donors (Lipinski definition) is 1. The predicted octanol–water partition coefficient (Wildman–Crippen LogP) is 2.13. The number of hydrogen-bond acceptors (Lipinski definition) is 3. The van der Waals surface area contributed by atoms with Gasteiger partial charge < -0.3 is 15.1 Å². The van der Waals surface area contributed by atoms with Crippen molar-refractivity contribution in [3.8, 4) is 0 Å². The first-order valence-electron chi connectivity index (χ1n) is 5.85. The fraction of sp³-hybridized carbons (Fsp3) is 0.583. The summed E-state index contributed by atoms with van der Waals surface area (Å²) in [4.78, 5) is 14.0. The first-order chi connectivity index (χ1) is 8.15. The zero-order chi connectivity index (χ0) is 12.4. The monoisotopic (exact) mass is 256 g/mol. The molecule has 1 heterocycles. The van der Waals surface area contributed by atoms with Crippen LogP contribution in [0.15, 0.2) is 16.7 Å². The van der Waals surface area contributed by atoms with E-state index >= 15 is 0 Å². The van der Waals surface area contributed by atoms with E-state index in [4.69, 9.17) is 21.8 Å². The molecule has 0 spiro atoms. The van der Waals surface area contributed by atoms with Crippen LogP contribution >= 0.6 is 11.6 Å². The van der Waals surface area contributed by atoms with Crippen LogP contribution in [0.1, 0.15) is 29.6 Å². The lowest BCUT2D eigenvalue weighted by molar-refractivity contribution is 0.0699. The molecule has 0 bridgehead atoms. The van der Waals surface area contributed by atoms with Crippen molar-refractivity contribution in [2.45, 2.75) is 25.3 Å². The van der Waals surface area contributed by atoms with E-state index in [-0.39, 0.29) is 17.2 Å². The fourth-order valence-corrected chi connectivity index (χ4v) is 2.78. The highest BCUT2D eigenvalue weighted by molar-refractivity contribution is 6.32. The minimum Gasteiger partial charge on any atom is -0.452 e. The Morgan fingerprint density at radius 2 is 2.41 bits per heavy atom. The molecular formula is C12H17ClN2O2. The second-order valence-electron chi connectivity index (χ2n) is 4.52. The Bertz CT molecular complexity index is 405. The van der Waals surface area contributed by atoms with Gasteiger partial charge in [0, 0.05) is 13.1 Å². The molecule has 1 saturated carbocycles. The molecule has 1 aromatic heterocycles. The van der Waals surface area contributed by atoms with E-state index < -0.39 is 0 Å². The van der Waals surface area contributed by atoms with Crippen LogP contribution < -0.4 is 5.73 Å². The topological polar surface area (TPSA) is 59.5 Å². The van der Waals surface area contributed by atoms with Gasteiger partial charge in [-0.25, -0.2) is 0 Å². The predicted molar refractivity (Wildman–Crippen MR) is 66.0 cm³/mol. The first kappa shape index (κ1) is 12.5. The lowest BCUT2D eigenvalue weighted by atomic mass is 10.0.